The number of fused-ring (bicyclic) bond motifs is 1. The highest BCUT2D eigenvalue weighted by atomic mass is 16.2. The van der Waals surface area contributed by atoms with E-state index in [1.54, 1.807) is 0 Å². The Labute approximate surface area is 142 Å². The zero-order valence-electron chi connectivity index (χ0n) is 14.9. The first-order chi connectivity index (χ1) is 11.5. The van der Waals surface area contributed by atoms with Crippen molar-refractivity contribution in [3.63, 3.8) is 0 Å². The highest BCUT2D eigenvalue weighted by molar-refractivity contribution is 5.92. The molecule has 0 unspecified atom stereocenters. The van der Waals surface area contributed by atoms with Crippen LogP contribution in [0.4, 0.5) is 0 Å². The lowest BCUT2D eigenvalue weighted by atomic mass is 10.2. The average molecular weight is 330 g/mol. The maximum Gasteiger partial charge on any atom is 0.271 e. The smallest absolute Gasteiger partial charge is 0.271 e. The molecule has 1 N–H and O–H groups in total. The van der Waals surface area contributed by atoms with E-state index in [-0.39, 0.29) is 18.0 Å². The van der Waals surface area contributed by atoms with Crippen molar-refractivity contribution in [3.05, 3.63) is 35.7 Å². The second kappa shape index (κ2) is 6.76. The molecule has 1 aliphatic rings. The van der Waals surface area contributed by atoms with Crippen LogP contribution in [-0.2, 0) is 19.6 Å². The molecule has 3 rings (SSSR count). The van der Waals surface area contributed by atoms with Gasteiger partial charge < -0.3 is 9.88 Å². The molecular formula is C17H26N6O. The quantitative estimate of drug-likeness (QED) is 0.908. The van der Waals surface area contributed by atoms with E-state index >= 15 is 0 Å². The number of carbonyl (C=O) groups excluding carboxylic acids is 1. The predicted molar refractivity (Wildman–Crippen MR) is 91.6 cm³/mol. The molecule has 24 heavy (non-hydrogen) atoms. The van der Waals surface area contributed by atoms with E-state index in [2.05, 4.69) is 44.9 Å². The van der Waals surface area contributed by atoms with Gasteiger partial charge in [0.2, 0.25) is 0 Å². The molecule has 1 amide bonds. The summed E-state index contributed by atoms with van der Waals surface area (Å²) in [6, 6.07) is 0.282. The first kappa shape index (κ1) is 16.7. The molecule has 0 bridgehead atoms. The lowest BCUT2D eigenvalue weighted by molar-refractivity contribution is 0.0938. The molecule has 0 spiro atoms. The Kier molecular flexibility index (Phi) is 4.71. The second-order valence-corrected chi connectivity index (χ2v) is 6.66. The average Bonchev–Trinajstić information content (AvgIpc) is 3.16. The van der Waals surface area contributed by atoms with Gasteiger partial charge in [0, 0.05) is 50.2 Å². The minimum Gasteiger partial charge on any atom is -0.348 e. The van der Waals surface area contributed by atoms with Crippen molar-refractivity contribution in [2.45, 2.75) is 59.4 Å². The molecule has 0 saturated carbocycles. The van der Waals surface area contributed by atoms with Crippen molar-refractivity contribution in [2.75, 3.05) is 6.54 Å². The maximum absolute atomic E-state index is 12.2. The lowest BCUT2D eigenvalue weighted by Crippen LogP contribution is -2.36. The summed E-state index contributed by atoms with van der Waals surface area (Å²) in [5, 5.41) is 7.24. The number of imidazole rings is 1. The third kappa shape index (κ3) is 3.36. The molecule has 0 fully saturated rings. The van der Waals surface area contributed by atoms with Gasteiger partial charge in [0.15, 0.2) is 0 Å². The normalized spacial score (nSPS) is 18.0. The fraction of sp³-hybridized carbons (Fsp3) is 0.588. The molecule has 0 aliphatic carbocycles. The SMILES string of the molecule is CCn1cc(CN2CCn3cc(C(=O)NC(C)C)nc3[C@@H]2C)cn1. The Morgan fingerprint density at radius 1 is 1.38 bits per heavy atom. The number of aryl methyl sites for hydroxylation is 1. The monoisotopic (exact) mass is 330 g/mol. The first-order valence-corrected chi connectivity index (χ1v) is 8.61. The predicted octanol–water partition coefficient (Wildman–Crippen LogP) is 1.81. The van der Waals surface area contributed by atoms with Crippen molar-refractivity contribution >= 4 is 5.91 Å². The van der Waals surface area contributed by atoms with Crippen molar-refractivity contribution in [1.82, 2.24) is 29.5 Å². The summed E-state index contributed by atoms with van der Waals surface area (Å²) in [7, 11) is 0. The van der Waals surface area contributed by atoms with Crippen LogP contribution in [0.3, 0.4) is 0 Å². The Morgan fingerprint density at radius 2 is 2.17 bits per heavy atom. The summed E-state index contributed by atoms with van der Waals surface area (Å²) in [5.74, 6) is 0.855. The van der Waals surface area contributed by atoms with Crippen molar-refractivity contribution < 1.29 is 4.79 Å². The molecule has 1 atom stereocenters. The number of amides is 1. The summed E-state index contributed by atoms with van der Waals surface area (Å²) in [6.07, 6.45) is 5.89. The van der Waals surface area contributed by atoms with Crippen LogP contribution < -0.4 is 5.32 Å². The van der Waals surface area contributed by atoms with E-state index in [1.165, 1.54) is 5.56 Å². The summed E-state index contributed by atoms with van der Waals surface area (Å²) in [4.78, 5) is 19.1. The van der Waals surface area contributed by atoms with Crippen molar-refractivity contribution in [3.8, 4) is 0 Å². The van der Waals surface area contributed by atoms with E-state index in [0.29, 0.717) is 5.69 Å². The number of carbonyl (C=O) groups is 1. The minimum atomic E-state index is -0.102. The van der Waals surface area contributed by atoms with Crippen LogP contribution in [0.1, 0.15) is 55.6 Å². The van der Waals surface area contributed by atoms with Crippen LogP contribution in [0.15, 0.2) is 18.6 Å². The zero-order chi connectivity index (χ0) is 17.3. The van der Waals surface area contributed by atoms with Crippen LogP contribution in [0.25, 0.3) is 0 Å². The lowest BCUT2D eigenvalue weighted by Gasteiger charge is -2.33. The molecule has 2 aromatic heterocycles. The number of hydrogen-bond donors (Lipinski definition) is 1. The largest absolute Gasteiger partial charge is 0.348 e. The Hall–Kier alpha value is -2.15. The van der Waals surface area contributed by atoms with Gasteiger partial charge >= 0.3 is 0 Å². The molecule has 0 aromatic carbocycles. The molecule has 1 aliphatic heterocycles. The van der Waals surface area contributed by atoms with Gasteiger partial charge in [-0.1, -0.05) is 0 Å². The third-order valence-corrected chi connectivity index (χ3v) is 4.41. The number of rotatable bonds is 5. The molecule has 0 saturated heterocycles. The molecule has 7 heteroatoms. The van der Waals surface area contributed by atoms with Gasteiger partial charge in [0.25, 0.3) is 5.91 Å². The highest BCUT2D eigenvalue weighted by Gasteiger charge is 2.27. The van der Waals surface area contributed by atoms with Gasteiger partial charge in [0.1, 0.15) is 11.5 Å². The van der Waals surface area contributed by atoms with Crippen molar-refractivity contribution in [1.29, 1.82) is 0 Å². The number of aromatic nitrogens is 4. The van der Waals surface area contributed by atoms with E-state index in [0.717, 1.165) is 32.0 Å². The molecule has 130 valence electrons. The molecule has 2 aromatic rings. The third-order valence-electron chi connectivity index (χ3n) is 4.41. The van der Waals surface area contributed by atoms with E-state index in [4.69, 9.17) is 0 Å². The van der Waals surface area contributed by atoms with E-state index in [9.17, 15) is 4.79 Å². The molecule has 0 radical (unpaired) electrons. The fourth-order valence-electron chi connectivity index (χ4n) is 3.09. The van der Waals surface area contributed by atoms with Gasteiger partial charge in [0.05, 0.1) is 12.2 Å². The van der Waals surface area contributed by atoms with Gasteiger partial charge in [-0.3, -0.25) is 14.4 Å². The van der Waals surface area contributed by atoms with Crippen LogP contribution in [0.5, 0.6) is 0 Å². The van der Waals surface area contributed by atoms with Gasteiger partial charge in [-0.25, -0.2) is 4.98 Å². The van der Waals surface area contributed by atoms with Crippen LogP contribution in [0.2, 0.25) is 0 Å². The Bertz CT molecular complexity index is 716. The van der Waals surface area contributed by atoms with E-state index in [1.807, 2.05) is 30.9 Å². The topological polar surface area (TPSA) is 68.0 Å². The van der Waals surface area contributed by atoms with Crippen molar-refractivity contribution in [2.24, 2.45) is 0 Å². The standard InChI is InChI=1S/C17H26N6O/c1-5-23-10-14(8-18-23)9-21-6-7-22-11-15(17(24)19-12(2)3)20-16(22)13(21)4/h8,10-13H,5-7,9H2,1-4H3,(H,19,24)/t13-/m0/s1. The Balaban J connectivity index is 1.73. The molecular weight excluding hydrogens is 304 g/mol. The minimum absolute atomic E-state index is 0.102. The van der Waals surface area contributed by atoms with Crippen LogP contribution >= 0.6 is 0 Å². The number of hydrogen-bond acceptors (Lipinski definition) is 4. The van der Waals surface area contributed by atoms with Gasteiger partial charge in [-0.15, -0.1) is 0 Å². The second-order valence-electron chi connectivity index (χ2n) is 6.66. The highest BCUT2D eigenvalue weighted by Crippen LogP contribution is 2.26. The number of nitrogens with one attached hydrogen (secondary N) is 1. The Morgan fingerprint density at radius 3 is 2.83 bits per heavy atom. The summed E-state index contributed by atoms with van der Waals surface area (Å²) in [6.45, 7) is 11.7. The summed E-state index contributed by atoms with van der Waals surface area (Å²) >= 11 is 0. The maximum atomic E-state index is 12.2. The molecule has 3 heterocycles. The van der Waals surface area contributed by atoms with Crippen LogP contribution in [-0.4, -0.2) is 42.7 Å². The summed E-state index contributed by atoms with van der Waals surface area (Å²) in [5.41, 5.74) is 1.72. The summed E-state index contributed by atoms with van der Waals surface area (Å²) < 4.78 is 4.05. The zero-order valence-corrected chi connectivity index (χ0v) is 14.9. The first-order valence-electron chi connectivity index (χ1n) is 8.61. The van der Waals surface area contributed by atoms with Gasteiger partial charge in [-0.2, -0.15) is 5.10 Å². The fourth-order valence-corrected chi connectivity index (χ4v) is 3.09. The van der Waals surface area contributed by atoms with Gasteiger partial charge in [-0.05, 0) is 27.7 Å². The number of nitrogens with zero attached hydrogens (tertiary/aromatic N) is 5. The van der Waals surface area contributed by atoms with Crippen LogP contribution in [0, 0.1) is 0 Å². The van der Waals surface area contributed by atoms with E-state index < -0.39 is 0 Å². The molecule has 7 nitrogen and oxygen atoms in total.